The van der Waals surface area contributed by atoms with Gasteiger partial charge in [-0.05, 0) is 12.1 Å². The number of hydrogen-bond acceptors (Lipinski definition) is 8. The number of fused-ring (bicyclic) bond motifs is 1. The Balaban J connectivity index is 1.72. The molecule has 2 aromatic heterocycles. The molecule has 10 heteroatoms. The maximum absolute atomic E-state index is 11.3. The number of rotatable bonds is 7. The monoisotopic (exact) mass is 420 g/mol. The van der Waals surface area contributed by atoms with Gasteiger partial charge in [-0.25, -0.2) is 15.0 Å². The van der Waals surface area contributed by atoms with Gasteiger partial charge in [0.1, 0.15) is 17.7 Å². The summed E-state index contributed by atoms with van der Waals surface area (Å²) in [4.78, 5) is 27.6. The normalized spacial score (nSPS) is 10.7. The highest BCUT2D eigenvalue weighted by Gasteiger charge is 2.16. The summed E-state index contributed by atoms with van der Waals surface area (Å²) in [6, 6.07) is 10.4. The molecule has 0 unspecified atom stereocenters. The molecule has 4 rings (SSSR count). The molecule has 31 heavy (non-hydrogen) atoms. The number of amides is 1. The lowest BCUT2D eigenvalue weighted by atomic mass is 10.1. The molecule has 158 valence electrons. The van der Waals surface area contributed by atoms with E-state index in [0.717, 1.165) is 5.56 Å². The van der Waals surface area contributed by atoms with Gasteiger partial charge in [0.25, 0.3) is 0 Å². The van der Waals surface area contributed by atoms with Crippen molar-refractivity contribution in [2.75, 3.05) is 26.6 Å². The molecule has 0 aliphatic carbocycles. The second-order valence-electron chi connectivity index (χ2n) is 6.49. The van der Waals surface area contributed by atoms with Gasteiger partial charge in [0, 0.05) is 28.9 Å². The van der Waals surface area contributed by atoms with Crippen LogP contribution in [0.5, 0.6) is 17.2 Å². The highest BCUT2D eigenvalue weighted by atomic mass is 16.5. The summed E-state index contributed by atoms with van der Waals surface area (Å²) in [5, 5.41) is 3.24. The number of methoxy groups -OCH3 is 3. The predicted molar refractivity (Wildman–Crippen MR) is 115 cm³/mol. The number of primary amides is 1. The fourth-order valence-corrected chi connectivity index (χ4v) is 3.14. The van der Waals surface area contributed by atoms with Gasteiger partial charge in [-0.15, -0.1) is 0 Å². The van der Waals surface area contributed by atoms with E-state index in [4.69, 9.17) is 19.9 Å². The average Bonchev–Trinajstić information content (AvgIpc) is 3.24. The van der Waals surface area contributed by atoms with Crippen molar-refractivity contribution in [2.45, 2.75) is 0 Å². The van der Waals surface area contributed by atoms with Gasteiger partial charge in [0.2, 0.25) is 11.7 Å². The van der Waals surface area contributed by atoms with Crippen LogP contribution < -0.4 is 25.3 Å². The molecular weight excluding hydrogens is 400 g/mol. The van der Waals surface area contributed by atoms with Crippen LogP contribution in [0.3, 0.4) is 0 Å². The first kappa shape index (κ1) is 20.0. The number of H-pyrrole nitrogens is 1. The zero-order chi connectivity index (χ0) is 22.0. The van der Waals surface area contributed by atoms with Crippen molar-refractivity contribution < 1.29 is 19.0 Å². The molecule has 4 N–H and O–H groups in total. The van der Waals surface area contributed by atoms with Crippen LogP contribution in [0.15, 0.2) is 42.7 Å². The Morgan fingerprint density at radius 1 is 1.00 bits per heavy atom. The van der Waals surface area contributed by atoms with Crippen LogP contribution in [-0.2, 0) is 0 Å². The van der Waals surface area contributed by atoms with Crippen LogP contribution in [0.1, 0.15) is 10.4 Å². The molecule has 4 aromatic rings. The zero-order valence-electron chi connectivity index (χ0n) is 17.1. The number of imidazole rings is 1. The van der Waals surface area contributed by atoms with Gasteiger partial charge in [-0.1, -0.05) is 12.1 Å². The zero-order valence-corrected chi connectivity index (χ0v) is 17.1. The first-order chi connectivity index (χ1) is 15.0. The maximum atomic E-state index is 11.3. The van der Waals surface area contributed by atoms with E-state index in [9.17, 15) is 4.79 Å². The Labute approximate surface area is 177 Å². The Morgan fingerprint density at radius 2 is 1.68 bits per heavy atom. The largest absolute Gasteiger partial charge is 0.493 e. The lowest BCUT2D eigenvalue weighted by Gasteiger charge is -2.14. The number of hydrogen-bond donors (Lipinski definition) is 3. The molecule has 10 nitrogen and oxygen atoms in total. The van der Waals surface area contributed by atoms with Crippen LogP contribution in [-0.4, -0.2) is 47.2 Å². The Hall–Kier alpha value is -4.34. The van der Waals surface area contributed by atoms with Crippen LogP contribution >= 0.6 is 0 Å². The number of carbonyl (C=O) groups excluding carboxylic acids is 1. The fraction of sp³-hybridized carbons (Fsp3) is 0.143. The number of aromatic amines is 1. The minimum absolute atomic E-state index is 0.421. The van der Waals surface area contributed by atoms with E-state index in [-0.39, 0.29) is 0 Å². The lowest BCUT2D eigenvalue weighted by molar-refractivity contribution is 0.100. The average molecular weight is 420 g/mol. The van der Waals surface area contributed by atoms with Crippen molar-refractivity contribution in [1.82, 2.24) is 19.9 Å². The van der Waals surface area contributed by atoms with E-state index in [1.54, 1.807) is 57.7 Å². The number of nitrogens with zero attached hydrogens (tertiary/aromatic N) is 3. The van der Waals surface area contributed by atoms with Crippen molar-refractivity contribution in [3.05, 3.63) is 48.3 Å². The van der Waals surface area contributed by atoms with Gasteiger partial charge in [0.05, 0.1) is 21.3 Å². The molecule has 0 fully saturated rings. The van der Waals surface area contributed by atoms with Crippen molar-refractivity contribution in [2.24, 2.45) is 5.73 Å². The molecule has 0 radical (unpaired) electrons. The molecule has 0 bridgehead atoms. The van der Waals surface area contributed by atoms with Gasteiger partial charge in [0.15, 0.2) is 23.0 Å². The van der Waals surface area contributed by atoms with Crippen molar-refractivity contribution in [3.63, 3.8) is 0 Å². The summed E-state index contributed by atoms with van der Waals surface area (Å²) in [5.74, 6) is 2.13. The minimum Gasteiger partial charge on any atom is -0.493 e. The highest BCUT2D eigenvalue weighted by Crippen LogP contribution is 2.40. The fourth-order valence-electron chi connectivity index (χ4n) is 3.14. The van der Waals surface area contributed by atoms with Crippen LogP contribution in [0, 0.1) is 0 Å². The summed E-state index contributed by atoms with van der Waals surface area (Å²) in [5.41, 5.74) is 8.28. The topological polar surface area (TPSA) is 137 Å². The Morgan fingerprint density at radius 3 is 2.26 bits per heavy atom. The van der Waals surface area contributed by atoms with E-state index in [1.807, 2.05) is 0 Å². The molecule has 2 heterocycles. The van der Waals surface area contributed by atoms with E-state index in [1.165, 1.54) is 6.33 Å². The van der Waals surface area contributed by atoms with E-state index < -0.39 is 5.91 Å². The van der Waals surface area contributed by atoms with Gasteiger partial charge in [-0.2, -0.15) is 0 Å². The molecule has 0 saturated carbocycles. The van der Waals surface area contributed by atoms with Crippen molar-refractivity contribution >= 4 is 28.6 Å². The third kappa shape index (κ3) is 3.78. The quantitative estimate of drug-likeness (QED) is 0.415. The molecule has 0 aliphatic rings. The number of benzene rings is 2. The Bertz CT molecular complexity index is 1230. The van der Waals surface area contributed by atoms with Crippen LogP contribution in [0.4, 0.5) is 11.5 Å². The minimum atomic E-state index is -0.487. The van der Waals surface area contributed by atoms with Crippen molar-refractivity contribution in [3.8, 4) is 28.6 Å². The van der Waals surface area contributed by atoms with Crippen molar-refractivity contribution in [1.29, 1.82) is 0 Å². The lowest BCUT2D eigenvalue weighted by Crippen LogP contribution is -2.10. The number of anilines is 2. The second-order valence-corrected chi connectivity index (χ2v) is 6.49. The Kier molecular flexibility index (Phi) is 5.27. The molecule has 1 amide bonds. The summed E-state index contributed by atoms with van der Waals surface area (Å²) in [6.07, 6.45) is 1.42. The van der Waals surface area contributed by atoms with Crippen LogP contribution in [0.2, 0.25) is 0 Å². The summed E-state index contributed by atoms with van der Waals surface area (Å²) in [7, 11) is 4.65. The molecular formula is C21H20N6O4. The van der Waals surface area contributed by atoms with Gasteiger partial charge in [-0.3, -0.25) is 4.79 Å². The predicted octanol–water partition coefficient (Wildman–Crippen LogP) is 2.89. The van der Waals surface area contributed by atoms with E-state index in [0.29, 0.717) is 51.3 Å². The number of nitrogens with one attached hydrogen (secondary N) is 2. The number of nitrogens with two attached hydrogens (primary N) is 1. The van der Waals surface area contributed by atoms with E-state index in [2.05, 4.69) is 25.3 Å². The molecule has 0 aliphatic heterocycles. The number of ether oxygens (including phenoxy) is 3. The highest BCUT2D eigenvalue weighted by molar-refractivity contribution is 5.93. The second kappa shape index (κ2) is 8.19. The molecule has 2 aromatic carbocycles. The first-order valence-electron chi connectivity index (χ1n) is 9.22. The van der Waals surface area contributed by atoms with Crippen LogP contribution in [0.25, 0.3) is 22.6 Å². The summed E-state index contributed by atoms with van der Waals surface area (Å²) < 4.78 is 16.2. The molecule has 0 saturated heterocycles. The standard InChI is InChI=1S/C21H20N6O4/c1-29-14-8-13(9-15(30-2)17(14)31-3)25-20-16-21(24-10-23-20)27-19(26-16)12-6-4-11(5-7-12)18(22)28/h4-10H,1-3H3,(H2,22,28)(H2,23,24,25,26,27). The first-order valence-corrected chi connectivity index (χ1v) is 9.22. The number of carbonyl (C=O) groups is 1. The molecule has 0 spiro atoms. The third-order valence-corrected chi connectivity index (χ3v) is 4.66. The smallest absolute Gasteiger partial charge is 0.248 e. The maximum Gasteiger partial charge on any atom is 0.248 e. The van der Waals surface area contributed by atoms with E-state index >= 15 is 0 Å². The van der Waals surface area contributed by atoms with Gasteiger partial charge >= 0.3 is 0 Å². The third-order valence-electron chi connectivity index (χ3n) is 4.66. The number of aromatic nitrogens is 4. The summed E-state index contributed by atoms with van der Waals surface area (Å²) in [6.45, 7) is 0. The van der Waals surface area contributed by atoms with Gasteiger partial charge < -0.3 is 30.2 Å². The SMILES string of the molecule is COc1cc(Nc2ncnc3nc(-c4ccc(C(N)=O)cc4)[nH]c23)cc(OC)c1OC. The molecule has 0 atom stereocenters. The summed E-state index contributed by atoms with van der Waals surface area (Å²) >= 11 is 0.